The topological polar surface area (TPSA) is 26.0 Å². The van der Waals surface area contributed by atoms with E-state index in [1.54, 1.807) is 32.9 Å². The Hall–Kier alpha value is -3.39. The molecule has 2 heterocycles. The van der Waals surface area contributed by atoms with E-state index >= 15 is 0 Å². The largest absolute Gasteiger partial charge is 0.455 e. The van der Waals surface area contributed by atoms with Crippen molar-refractivity contribution < 1.29 is 15.4 Å². The normalized spacial score (nSPS) is 17.0. The SMILES string of the molecule is [2H]C([2H])([2H])c1cnc(-c2cccc3c2oc2ccccc23)cc1-c1ccc(C([2H])([2H])C(C)(C)C)cc1C([2H])([2H])[2H]. The Morgan fingerprint density at radius 3 is 2.47 bits per heavy atom. The first kappa shape index (κ1) is 13.2. The van der Waals surface area contributed by atoms with E-state index in [1.807, 2.05) is 42.5 Å². The number of aryl methyl sites for hydroxylation is 2. The van der Waals surface area contributed by atoms with Crippen LogP contribution >= 0.6 is 0 Å². The number of aromatic nitrogens is 1. The quantitative estimate of drug-likeness (QED) is 0.288. The first-order valence-corrected chi connectivity index (χ1v) is 10.6. The number of furan rings is 1. The van der Waals surface area contributed by atoms with Gasteiger partial charge >= 0.3 is 0 Å². The van der Waals surface area contributed by atoms with Gasteiger partial charge in [0.25, 0.3) is 0 Å². The monoisotopic (exact) mass is 427 g/mol. The van der Waals surface area contributed by atoms with E-state index in [0.29, 0.717) is 22.4 Å². The van der Waals surface area contributed by atoms with Crippen LogP contribution in [0.5, 0.6) is 0 Å². The highest BCUT2D eigenvalue weighted by Gasteiger charge is 2.16. The van der Waals surface area contributed by atoms with Crippen LogP contribution in [0.4, 0.5) is 0 Å². The molecule has 0 saturated heterocycles. The fraction of sp³-hybridized carbons (Fsp3) is 0.233. The third kappa shape index (κ3) is 3.71. The summed E-state index contributed by atoms with van der Waals surface area (Å²) in [5, 5.41) is 1.82. The van der Waals surface area contributed by atoms with Crippen molar-refractivity contribution in [3.8, 4) is 22.4 Å². The lowest BCUT2D eigenvalue weighted by Crippen LogP contribution is -2.09. The van der Waals surface area contributed by atoms with Gasteiger partial charge in [-0.15, -0.1) is 0 Å². The van der Waals surface area contributed by atoms with Crippen molar-refractivity contribution in [2.45, 2.75) is 40.8 Å². The van der Waals surface area contributed by atoms with Gasteiger partial charge in [0, 0.05) is 33.5 Å². The van der Waals surface area contributed by atoms with Crippen molar-refractivity contribution >= 4 is 21.9 Å². The number of benzene rings is 3. The van der Waals surface area contributed by atoms with Gasteiger partial charge < -0.3 is 4.42 Å². The molecule has 160 valence electrons. The van der Waals surface area contributed by atoms with E-state index in [-0.39, 0.29) is 27.8 Å². The van der Waals surface area contributed by atoms with Crippen LogP contribution < -0.4 is 0 Å². The fourth-order valence-corrected chi connectivity index (χ4v) is 4.06. The van der Waals surface area contributed by atoms with Gasteiger partial charge in [-0.05, 0) is 71.5 Å². The summed E-state index contributed by atoms with van der Waals surface area (Å²) in [4.78, 5) is 4.48. The summed E-state index contributed by atoms with van der Waals surface area (Å²) in [5.74, 6) is 0. The van der Waals surface area contributed by atoms with Gasteiger partial charge in [0.05, 0.1) is 5.69 Å². The maximum atomic E-state index is 8.68. The van der Waals surface area contributed by atoms with Crippen LogP contribution in [-0.4, -0.2) is 4.98 Å². The zero-order chi connectivity index (χ0) is 29.3. The lowest BCUT2D eigenvalue weighted by atomic mass is 9.86. The van der Waals surface area contributed by atoms with Gasteiger partial charge in [-0.25, -0.2) is 0 Å². The maximum absolute atomic E-state index is 8.68. The zero-order valence-corrected chi connectivity index (χ0v) is 18.3. The summed E-state index contributed by atoms with van der Waals surface area (Å²) in [6, 6.07) is 19.3. The predicted molar refractivity (Wildman–Crippen MR) is 135 cm³/mol. The van der Waals surface area contributed by atoms with Crippen molar-refractivity contribution in [3.63, 3.8) is 0 Å². The Morgan fingerprint density at radius 2 is 1.66 bits per heavy atom. The molecule has 0 unspecified atom stereocenters. The molecular weight excluding hydrogens is 390 g/mol. The molecule has 0 spiro atoms. The molecule has 2 nitrogen and oxygen atoms in total. The van der Waals surface area contributed by atoms with Crippen molar-refractivity contribution in [2.75, 3.05) is 0 Å². The summed E-state index contributed by atoms with van der Waals surface area (Å²) in [5.41, 5.74) is 1.96. The number of hydrogen-bond acceptors (Lipinski definition) is 2. The van der Waals surface area contributed by atoms with Crippen LogP contribution in [0.1, 0.15) is 48.4 Å². The molecule has 0 aliphatic rings. The van der Waals surface area contributed by atoms with Crippen LogP contribution in [-0.2, 0) is 6.37 Å². The number of nitrogens with zero attached hydrogens (tertiary/aromatic N) is 1. The van der Waals surface area contributed by atoms with Crippen molar-refractivity contribution in [2.24, 2.45) is 5.41 Å². The highest BCUT2D eigenvalue weighted by atomic mass is 16.3. The molecule has 2 heteroatoms. The maximum Gasteiger partial charge on any atom is 0.144 e. The van der Waals surface area contributed by atoms with E-state index in [9.17, 15) is 0 Å². The molecule has 0 fully saturated rings. The molecule has 0 amide bonds. The Labute approximate surface area is 201 Å². The van der Waals surface area contributed by atoms with Crippen LogP contribution in [0.3, 0.4) is 0 Å². The average molecular weight is 428 g/mol. The predicted octanol–water partition coefficient (Wildman–Crippen LogP) is 8.52. The van der Waals surface area contributed by atoms with Crippen molar-refractivity contribution in [1.29, 1.82) is 0 Å². The minimum Gasteiger partial charge on any atom is -0.455 e. The van der Waals surface area contributed by atoms with E-state index in [2.05, 4.69) is 4.98 Å². The summed E-state index contributed by atoms with van der Waals surface area (Å²) < 4.78 is 72.8. The molecule has 0 saturated carbocycles. The summed E-state index contributed by atoms with van der Waals surface area (Å²) in [6.45, 7) is 0.0355. The molecule has 0 aliphatic carbocycles. The molecule has 0 atom stereocenters. The first-order chi connectivity index (χ1) is 18.5. The van der Waals surface area contributed by atoms with Crippen LogP contribution in [0, 0.1) is 19.1 Å². The molecule has 0 aliphatic heterocycles. The second-order valence-corrected chi connectivity index (χ2v) is 9.03. The minimum atomic E-state index is -2.63. The van der Waals surface area contributed by atoms with Gasteiger partial charge in [0.15, 0.2) is 0 Å². The van der Waals surface area contributed by atoms with Crippen LogP contribution in [0.15, 0.2) is 77.3 Å². The van der Waals surface area contributed by atoms with Crippen molar-refractivity contribution in [3.05, 3.63) is 89.6 Å². The third-order valence-corrected chi connectivity index (χ3v) is 5.41. The lowest BCUT2D eigenvalue weighted by Gasteiger charge is -2.19. The highest BCUT2D eigenvalue weighted by Crippen LogP contribution is 2.37. The van der Waals surface area contributed by atoms with Crippen molar-refractivity contribution in [1.82, 2.24) is 4.98 Å². The van der Waals surface area contributed by atoms with E-state index < -0.39 is 25.5 Å². The molecule has 2 aromatic heterocycles. The Bertz CT molecular complexity index is 1740. The van der Waals surface area contributed by atoms with E-state index in [1.165, 1.54) is 18.3 Å². The Balaban J connectivity index is 1.78. The summed E-state index contributed by atoms with van der Waals surface area (Å²) >= 11 is 0. The fourth-order valence-electron chi connectivity index (χ4n) is 4.06. The van der Waals surface area contributed by atoms with Gasteiger partial charge in [0.1, 0.15) is 11.2 Å². The van der Waals surface area contributed by atoms with Gasteiger partial charge in [-0.2, -0.15) is 0 Å². The Morgan fingerprint density at radius 1 is 0.844 bits per heavy atom. The molecule has 0 N–H and O–H groups in total. The number of para-hydroxylation sites is 2. The summed E-state index contributed by atoms with van der Waals surface area (Å²) in [7, 11) is 0. The van der Waals surface area contributed by atoms with Gasteiger partial charge in [-0.1, -0.05) is 69.3 Å². The second-order valence-electron chi connectivity index (χ2n) is 9.03. The highest BCUT2D eigenvalue weighted by molar-refractivity contribution is 6.09. The first-order valence-electron chi connectivity index (χ1n) is 14.6. The van der Waals surface area contributed by atoms with E-state index in [0.717, 1.165) is 10.8 Å². The second kappa shape index (κ2) is 7.63. The molecular formula is C30H29NO. The molecule has 0 radical (unpaired) electrons. The third-order valence-electron chi connectivity index (χ3n) is 5.41. The van der Waals surface area contributed by atoms with Gasteiger partial charge in [0.2, 0.25) is 0 Å². The average Bonchev–Trinajstić information content (AvgIpc) is 3.25. The standard InChI is InChI=1S/C30H29NO/c1-19-15-21(17-30(3,4)5)13-14-22(19)26-16-27(31-18-20(26)2)25-11-8-10-24-23-9-6-7-12-28(23)32-29(24)25/h6-16,18H,17H2,1-5H3/i1D3,2D3,17D2. The van der Waals surface area contributed by atoms with Gasteiger partial charge in [-0.3, -0.25) is 4.98 Å². The number of fused-ring (bicyclic) bond motifs is 3. The van der Waals surface area contributed by atoms with Crippen LogP contribution in [0.2, 0.25) is 0 Å². The molecule has 5 rings (SSSR count). The van der Waals surface area contributed by atoms with Crippen LogP contribution in [0.25, 0.3) is 44.3 Å². The smallest absolute Gasteiger partial charge is 0.144 e. The molecule has 3 aromatic carbocycles. The molecule has 0 bridgehead atoms. The lowest BCUT2D eigenvalue weighted by molar-refractivity contribution is 0.411. The minimum absolute atomic E-state index is 0.0925. The zero-order valence-electron chi connectivity index (χ0n) is 26.3. The number of pyridine rings is 1. The summed E-state index contributed by atoms with van der Waals surface area (Å²) in [6.07, 6.45) is -0.566. The molecule has 5 aromatic rings. The van der Waals surface area contributed by atoms with E-state index in [4.69, 9.17) is 15.4 Å². The molecule has 32 heavy (non-hydrogen) atoms. The number of hydrogen-bond donors (Lipinski definition) is 0. The Kier molecular flexibility index (Phi) is 3.15. The number of rotatable bonds is 3.